The molecule has 0 heterocycles. The van der Waals surface area contributed by atoms with E-state index in [1.165, 1.54) is 54.4 Å². The fourth-order valence-electron chi connectivity index (χ4n) is 4.94. The van der Waals surface area contributed by atoms with Gasteiger partial charge in [0.15, 0.2) is 0 Å². The van der Waals surface area contributed by atoms with E-state index >= 15 is 0 Å². The van der Waals surface area contributed by atoms with Crippen molar-refractivity contribution in [3.8, 4) is 0 Å². The van der Waals surface area contributed by atoms with Crippen molar-refractivity contribution in [1.82, 2.24) is 0 Å². The third kappa shape index (κ3) is 3.88. The summed E-state index contributed by atoms with van der Waals surface area (Å²) in [6, 6.07) is 13.1. The van der Waals surface area contributed by atoms with Crippen LogP contribution in [0.25, 0.3) is 5.57 Å². The van der Waals surface area contributed by atoms with E-state index in [1.54, 1.807) is 6.07 Å². The van der Waals surface area contributed by atoms with E-state index in [2.05, 4.69) is 43.3 Å². The second-order valence-corrected chi connectivity index (χ2v) is 8.42. The monoisotopic (exact) mass is 362 g/mol. The first-order valence-corrected chi connectivity index (χ1v) is 10.8. The van der Waals surface area contributed by atoms with Gasteiger partial charge in [-0.2, -0.15) is 0 Å². The number of rotatable bonds is 4. The Bertz CT molecular complexity index is 820. The standard InChI is InChI=1S/C26H31F/c1-3-18-5-7-20(8-6-18)21-9-11-22(12-10-21)23-13-14-24-15-19(4-2)26(27)17-25(24)16-23/h9-13,15,17-18,20H,3-8,14,16H2,1-2H3. The molecule has 0 saturated heterocycles. The molecule has 2 aromatic carbocycles. The van der Waals surface area contributed by atoms with Gasteiger partial charge in [0.05, 0.1) is 0 Å². The molecule has 0 atom stereocenters. The molecule has 0 aromatic heterocycles. The van der Waals surface area contributed by atoms with E-state index in [4.69, 9.17) is 0 Å². The first-order chi connectivity index (χ1) is 13.2. The maximum atomic E-state index is 14.2. The van der Waals surface area contributed by atoms with E-state index in [0.717, 1.165) is 42.2 Å². The summed E-state index contributed by atoms with van der Waals surface area (Å²) in [6.45, 7) is 4.34. The van der Waals surface area contributed by atoms with Crippen LogP contribution in [0.15, 0.2) is 42.5 Å². The van der Waals surface area contributed by atoms with Crippen LogP contribution in [-0.2, 0) is 19.3 Å². The molecule has 0 radical (unpaired) electrons. The summed E-state index contributed by atoms with van der Waals surface area (Å²) in [5, 5.41) is 0. The second kappa shape index (κ2) is 8.00. The largest absolute Gasteiger partial charge is 0.207 e. The first-order valence-electron chi connectivity index (χ1n) is 10.8. The van der Waals surface area contributed by atoms with Crippen LogP contribution in [0.5, 0.6) is 0 Å². The quantitative estimate of drug-likeness (QED) is 0.537. The molecule has 4 rings (SSSR count). The Morgan fingerprint density at radius 2 is 1.67 bits per heavy atom. The fraction of sp³-hybridized carbons (Fsp3) is 0.462. The van der Waals surface area contributed by atoms with Crippen molar-refractivity contribution in [2.75, 3.05) is 0 Å². The summed E-state index contributed by atoms with van der Waals surface area (Å²) < 4.78 is 14.2. The Morgan fingerprint density at radius 1 is 0.926 bits per heavy atom. The molecule has 1 fully saturated rings. The molecule has 0 N–H and O–H groups in total. The molecular weight excluding hydrogens is 331 g/mol. The number of hydrogen-bond acceptors (Lipinski definition) is 0. The Hall–Kier alpha value is -1.89. The van der Waals surface area contributed by atoms with Gasteiger partial charge in [0.25, 0.3) is 0 Å². The number of halogens is 1. The van der Waals surface area contributed by atoms with Gasteiger partial charge in [-0.05, 0) is 96.2 Å². The van der Waals surface area contributed by atoms with Gasteiger partial charge in [-0.15, -0.1) is 0 Å². The Morgan fingerprint density at radius 3 is 2.33 bits per heavy atom. The van der Waals surface area contributed by atoms with Gasteiger partial charge in [0, 0.05) is 0 Å². The zero-order valence-electron chi connectivity index (χ0n) is 16.7. The van der Waals surface area contributed by atoms with Gasteiger partial charge in [-0.1, -0.05) is 56.7 Å². The lowest BCUT2D eigenvalue weighted by Crippen LogP contribution is -2.12. The lowest BCUT2D eigenvalue weighted by Gasteiger charge is -2.28. The summed E-state index contributed by atoms with van der Waals surface area (Å²) in [6.07, 6.45) is 11.6. The van der Waals surface area contributed by atoms with Crippen LogP contribution in [0.1, 0.15) is 79.7 Å². The second-order valence-electron chi connectivity index (χ2n) is 8.42. The highest BCUT2D eigenvalue weighted by molar-refractivity contribution is 5.71. The highest BCUT2D eigenvalue weighted by atomic mass is 19.1. The summed E-state index contributed by atoms with van der Waals surface area (Å²) >= 11 is 0. The highest BCUT2D eigenvalue weighted by Crippen LogP contribution is 2.37. The zero-order valence-corrected chi connectivity index (χ0v) is 16.7. The van der Waals surface area contributed by atoms with E-state index < -0.39 is 0 Å². The molecule has 0 spiro atoms. The minimum absolute atomic E-state index is 0.0458. The SMILES string of the molecule is CCc1cc2c(cc1F)CC(c1ccc(C3CCC(CC)CC3)cc1)=CC2. The van der Waals surface area contributed by atoms with E-state index in [-0.39, 0.29) is 5.82 Å². The molecule has 2 aliphatic rings. The van der Waals surface area contributed by atoms with Crippen LogP contribution in [0.2, 0.25) is 0 Å². The zero-order chi connectivity index (χ0) is 18.8. The number of aryl methyl sites for hydroxylation is 1. The Labute approximate surface area is 163 Å². The molecule has 0 bridgehead atoms. The van der Waals surface area contributed by atoms with Gasteiger partial charge in [0.2, 0.25) is 0 Å². The molecule has 142 valence electrons. The van der Waals surface area contributed by atoms with Gasteiger partial charge < -0.3 is 0 Å². The topological polar surface area (TPSA) is 0 Å². The van der Waals surface area contributed by atoms with Crippen molar-refractivity contribution in [2.24, 2.45) is 5.92 Å². The fourth-order valence-corrected chi connectivity index (χ4v) is 4.94. The van der Waals surface area contributed by atoms with Crippen molar-refractivity contribution < 1.29 is 4.39 Å². The molecule has 0 amide bonds. The Balaban J connectivity index is 1.47. The molecule has 0 nitrogen and oxygen atoms in total. The minimum Gasteiger partial charge on any atom is -0.207 e. The summed E-state index contributed by atoms with van der Waals surface area (Å²) in [4.78, 5) is 0. The van der Waals surface area contributed by atoms with E-state index in [1.807, 2.05) is 6.92 Å². The van der Waals surface area contributed by atoms with Crippen molar-refractivity contribution in [3.63, 3.8) is 0 Å². The van der Waals surface area contributed by atoms with Gasteiger partial charge in [-0.25, -0.2) is 4.39 Å². The Kier molecular flexibility index (Phi) is 5.48. The lowest BCUT2D eigenvalue weighted by atomic mass is 9.77. The number of benzene rings is 2. The van der Waals surface area contributed by atoms with Crippen molar-refractivity contribution in [1.29, 1.82) is 0 Å². The normalized spacial score (nSPS) is 22.3. The summed E-state index contributed by atoms with van der Waals surface area (Å²) in [5.41, 5.74) is 7.43. The smallest absolute Gasteiger partial charge is 0.126 e. The van der Waals surface area contributed by atoms with Crippen LogP contribution in [0, 0.1) is 11.7 Å². The number of fused-ring (bicyclic) bond motifs is 1. The highest BCUT2D eigenvalue weighted by Gasteiger charge is 2.21. The summed E-state index contributed by atoms with van der Waals surface area (Å²) in [7, 11) is 0. The van der Waals surface area contributed by atoms with Crippen LogP contribution in [-0.4, -0.2) is 0 Å². The number of hydrogen-bond donors (Lipinski definition) is 0. The third-order valence-corrected chi connectivity index (χ3v) is 6.88. The molecule has 2 aromatic rings. The maximum absolute atomic E-state index is 14.2. The molecule has 0 aliphatic heterocycles. The van der Waals surface area contributed by atoms with Gasteiger partial charge in [0.1, 0.15) is 5.82 Å². The third-order valence-electron chi connectivity index (χ3n) is 6.88. The average Bonchev–Trinajstić information content (AvgIpc) is 2.73. The molecule has 1 saturated carbocycles. The number of allylic oxidation sites excluding steroid dienone is 2. The predicted molar refractivity (Wildman–Crippen MR) is 113 cm³/mol. The van der Waals surface area contributed by atoms with Crippen LogP contribution in [0.3, 0.4) is 0 Å². The van der Waals surface area contributed by atoms with Crippen LogP contribution < -0.4 is 0 Å². The lowest BCUT2D eigenvalue weighted by molar-refractivity contribution is 0.319. The van der Waals surface area contributed by atoms with Crippen LogP contribution in [0.4, 0.5) is 4.39 Å². The van der Waals surface area contributed by atoms with Gasteiger partial charge in [-0.3, -0.25) is 0 Å². The van der Waals surface area contributed by atoms with Crippen molar-refractivity contribution in [2.45, 2.75) is 71.1 Å². The molecular formula is C26H31F. The van der Waals surface area contributed by atoms with Crippen molar-refractivity contribution >= 4 is 5.57 Å². The molecule has 1 heteroatoms. The first kappa shape index (κ1) is 18.5. The summed E-state index contributed by atoms with van der Waals surface area (Å²) in [5.74, 6) is 1.64. The minimum atomic E-state index is -0.0458. The molecule has 0 unspecified atom stereocenters. The maximum Gasteiger partial charge on any atom is 0.126 e. The van der Waals surface area contributed by atoms with Gasteiger partial charge >= 0.3 is 0 Å². The average molecular weight is 363 g/mol. The molecule has 2 aliphatic carbocycles. The van der Waals surface area contributed by atoms with E-state index in [9.17, 15) is 4.39 Å². The van der Waals surface area contributed by atoms with E-state index in [0.29, 0.717) is 0 Å². The predicted octanol–water partition coefficient (Wildman–Crippen LogP) is 7.25. The van der Waals surface area contributed by atoms with Crippen LogP contribution >= 0.6 is 0 Å². The van der Waals surface area contributed by atoms with Crippen molar-refractivity contribution in [3.05, 3.63) is 76.1 Å². The molecule has 27 heavy (non-hydrogen) atoms.